The fourth-order valence-corrected chi connectivity index (χ4v) is 2.08. The Morgan fingerprint density at radius 2 is 2.12 bits per heavy atom. The molecule has 1 aliphatic heterocycles. The summed E-state index contributed by atoms with van der Waals surface area (Å²) in [5.41, 5.74) is 3.39. The summed E-state index contributed by atoms with van der Waals surface area (Å²) in [4.78, 5) is 2.29. The Bertz CT molecular complexity index is 386. The van der Waals surface area contributed by atoms with Crippen LogP contribution in [0.3, 0.4) is 0 Å². The number of ether oxygens (including phenoxy) is 1. The van der Waals surface area contributed by atoms with Crippen LogP contribution in [0.25, 0.3) is 5.70 Å². The number of nitrogens with zero attached hydrogens (tertiary/aromatic N) is 1. The van der Waals surface area contributed by atoms with E-state index in [-0.39, 0.29) is 6.10 Å². The van der Waals surface area contributed by atoms with Gasteiger partial charge in [-0.25, -0.2) is 0 Å². The van der Waals surface area contributed by atoms with E-state index in [0.29, 0.717) is 0 Å². The number of nitrogens with one attached hydrogen (secondary N) is 1. The van der Waals surface area contributed by atoms with Crippen LogP contribution in [0, 0.1) is 0 Å². The lowest BCUT2D eigenvalue weighted by Gasteiger charge is -2.34. The minimum atomic E-state index is 0.289. The van der Waals surface area contributed by atoms with Crippen LogP contribution in [0.15, 0.2) is 30.8 Å². The van der Waals surface area contributed by atoms with Gasteiger partial charge in [-0.15, -0.1) is 0 Å². The van der Waals surface area contributed by atoms with Gasteiger partial charge in [0, 0.05) is 31.5 Å². The number of rotatable bonds is 3. The summed E-state index contributed by atoms with van der Waals surface area (Å²) >= 11 is 0. The number of hydrogen-bond donors (Lipinski definition) is 1. The fraction of sp³-hybridized carbons (Fsp3) is 0.429. The van der Waals surface area contributed by atoms with Crippen LogP contribution in [0.2, 0.25) is 0 Å². The zero-order chi connectivity index (χ0) is 12.3. The molecule has 3 heteroatoms. The van der Waals surface area contributed by atoms with Crippen molar-refractivity contribution in [3.8, 4) is 0 Å². The molecule has 1 aliphatic rings. The van der Waals surface area contributed by atoms with Gasteiger partial charge in [0.05, 0.1) is 12.7 Å². The Labute approximate surface area is 103 Å². The predicted octanol–water partition coefficient (Wildman–Crippen LogP) is 2.42. The van der Waals surface area contributed by atoms with Gasteiger partial charge in [0.2, 0.25) is 0 Å². The van der Waals surface area contributed by atoms with Crippen molar-refractivity contribution in [1.82, 2.24) is 4.90 Å². The van der Waals surface area contributed by atoms with Crippen LogP contribution in [0.1, 0.15) is 12.5 Å². The summed E-state index contributed by atoms with van der Waals surface area (Å²) in [7, 11) is 1.92. The van der Waals surface area contributed by atoms with E-state index < -0.39 is 0 Å². The van der Waals surface area contributed by atoms with Crippen molar-refractivity contribution in [2.45, 2.75) is 13.0 Å². The Hall–Kier alpha value is -1.48. The second-order valence-corrected chi connectivity index (χ2v) is 4.40. The van der Waals surface area contributed by atoms with Gasteiger partial charge in [-0.05, 0) is 24.6 Å². The van der Waals surface area contributed by atoms with Gasteiger partial charge in [-0.3, -0.25) is 0 Å². The van der Waals surface area contributed by atoms with Gasteiger partial charge in [-0.2, -0.15) is 0 Å². The van der Waals surface area contributed by atoms with E-state index in [0.717, 1.165) is 31.1 Å². The van der Waals surface area contributed by atoms with Gasteiger partial charge in [0.25, 0.3) is 0 Å². The second-order valence-electron chi connectivity index (χ2n) is 4.40. The zero-order valence-electron chi connectivity index (χ0n) is 10.6. The number of morpholine rings is 1. The molecule has 1 unspecified atom stereocenters. The van der Waals surface area contributed by atoms with Crippen molar-refractivity contribution in [3.05, 3.63) is 36.4 Å². The first-order valence-corrected chi connectivity index (χ1v) is 6.04. The molecule has 0 amide bonds. The molecule has 1 saturated heterocycles. The number of benzene rings is 1. The first-order chi connectivity index (χ1) is 8.20. The molecule has 0 aromatic heterocycles. The molecule has 0 spiro atoms. The van der Waals surface area contributed by atoms with Crippen LogP contribution < -0.4 is 5.32 Å². The first kappa shape index (κ1) is 12.0. The molecule has 1 fully saturated rings. The highest BCUT2D eigenvalue weighted by Gasteiger charge is 2.18. The third-order valence-corrected chi connectivity index (χ3v) is 3.13. The highest BCUT2D eigenvalue weighted by Crippen LogP contribution is 2.21. The molecule has 0 bridgehead atoms. The molecule has 1 heterocycles. The lowest BCUT2D eigenvalue weighted by molar-refractivity contribution is 0.00252. The Kier molecular flexibility index (Phi) is 3.69. The molecule has 0 aliphatic carbocycles. The summed E-state index contributed by atoms with van der Waals surface area (Å²) in [6.45, 7) is 8.93. The molecule has 0 saturated carbocycles. The van der Waals surface area contributed by atoms with E-state index in [9.17, 15) is 0 Å². The van der Waals surface area contributed by atoms with E-state index in [4.69, 9.17) is 4.74 Å². The van der Waals surface area contributed by atoms with Crippen molar-refractivity contribution >= 4 is 11.4 Å². The molecular weight excluding hydrogens is 212 g/mol. The molecule has 92 valence electrons. The Morgan fingerprint density at radius 1 is 1.41 bits per heavy atom. The third-order valence-electron chi connectivity index (χ3n) is 3.13. The molecule has 0 radical (unpaired) electrons. The highest BCUT2D eigenvalue weighted by molar-refractivity contribution is 5.64. The van der Waals surface area contributed by atoms with Gasteiger partial charge >= 0.3 is 0 Å². The molecule has 1 aromatic rings. The van der Waals surface area contributed by atoms with Gasteiger partial charge in [0.15, 0.2) is 0 Å². The number of anilines is 1. The van der Waals surface area contributed by atoms with Gasteiger partial charge in [0.1, 0.15) is 0 Å². The summed E-state index contributed by atoms with van der Waals surface area (Å²) in [5, 5.41) is 3.12. The average Bonchev–Trinajstić information content (AvgIpc) is 2.38. The third kappa shape index (κ3) is 2.80. The minimum Gasteiger partial charge on any atom is -0.388 e. The van der Waals surface area contributed by atoms with Gasteiger partial charge in [-0.1, -0.05) is 18.7 Å². The Balaban J connectivity index is 2.07. The smallest absolute Gasteiger partial charge is 0.0722 e. The van der Waals surface area contributed by atoms with Gasteiger partial charge < -0.3 is 15.0 Å². The SMILES string of the molecule is C=C(c1ccc(NC)cc1)N1CCOC(C)C1. The first-order valence-electron chi connectivity index (χ1n) is 6.04. The normalized spacial score (nSPS) is 20.1. The monoisotopic (exact) mass is 232 g/mol. The van der Waals surface area contributed by atoms with Crippen LogP contribution in [-0.2, 0) is 4.74 Å². The molecule has 1 N–H and O–H groups in total. The maximum absolute atomic E-state index is 5.54. The molecule has 1 aromatic carbocycles. The van der Waals surface area contributed by atoms with Crippen molar-refractivity contribution in [2.24, 2.45) is 0 Å². The van der Waals surface area contributed by atoms with E-state index in [1.54, 1.807) is 0 Å². The van der Waals surface area contributed by atoms with Crippen molar-refractivity contribution < 1.29 is 4.74 Å². The maximum Gasteiger partial charge on any atom is 0.0722 e. The summed E-state index contributed by atoms with van der Waals surface area (Å²) in [6, 6.07) is 8.36. The minimum absolute atomic E-state index is 0.289. The van der Waals surface area contributed by atoms with Crippen molar-refractivity contribution in [1.29, 1.82) is 0 Å². The highest BCUT2D eigenvalue weighted by atomic mass is 16.5. The van der Waals surface area contributed by atoms with Crippen molar-refractivity contribution in [3.63, 3.8) is 0 Å². The lowest BCUT2D eigenvalue weighted by atomic mass is 10.1. The van der Waals surface area contributed by atoms with Crippen LogP contribution in [0.4, 0.5) is 5.69 Å². The van der Waals surface area contributed by atoms with E-state index >= 15 is 0 Å². The van der Waals surface area contributed by atoms with Crippen LogP contribution in [-0.4, -0.2) is 37.7 Å². The molecule has 1 atom stereocenters. The summed E-state index contributed by atoms with van der Waals surface area (Å²) in [5.74, 6) is 0. The zero-order valence-corrected chi connectivity index (χ0v) is 10.6. The molecule has 2 rings (SSSR count). The molecular formula is C14H20N2O. The van der Waals surface area contributed by atoms with E-state index in [2.05, 4.69) is 48.0 Å². The average molecular weight is 232 g/mol. The summed E-state index contributed by atoms with van der Waals surface area (Å²) < 4.78 is 5.54. The van der Waals surface area contributed by atoms with E-state index in [1.807, 2.05) is 7.05 Å². The fourth-order valence-electron chi connectivity index (χ4n) is 2.08. The lowest BCUT2D eigenvalue weighted by Crippen LogP contribution is -2.39. The predicted molar refractivity (Wildman–Crippen MR) is 72.0 cm³/mol. The van der Waals surface area contributed by atoms with Crippen molar-refractivity contribution in [2.75, 3.05) is 32.1 Å². The maximum atomic E-state index is 5.54. The van der Waals surface area contributed by atoms with E-state index in [1.165, 1.54) is 5.56 Å². The van der Waals surface area contributed by atoms with Crippen LogP contribution >= 0.6 is 0 Å². The second kappa shape index (κ2) is 5.23. The number of hydrogen-bond acceptors (Lipinski definition) is 3. The Morgan fingerprint density at radius 3 is 2.71 bits per heavy atom. The quantitative estimate of drug-likeness (QED) is 0.866. The largest absolute Gasteiger partial charge is 0.388 e. The molecule has 17 heavy (non-hydrogen) atoms. The summed E-state index contributed by atoms with van der Waals surface area (Å²) in [6.07, 6.45) is 0.289. The standard InChI is InChI=1S/C14H20N2O/c1-11-10-16(8-9-17-11)12(2)13-4-6-14(15-3)7-5-13/h4-7,11,15H,2,8-10H2,1,3H3. The topological polar surface area (TPSA) is 24.5 Å². The van der Waals surface area contributed by atoms with Crippen LogP contribution in [0.5, 0.6) is 0 Å². The molecule has 3 nitrogen and oxygen atoms in total.